The molecular weight excluding hydrogens is 428 g/mol. The second-order valence-electron chi connectivity index (χ2n) is 9.60. The third kappa shape index (κ3) is 3.65. The van der Waals surface area contributed by atoms with Gasteiger partial charge in [-0.05, 0) is 62.9 Å². The molecule has 1 aliphatic carbocycles. The van der Waals surface area contributed by atoms with Crippen LogP contribution in [0.4, 0.5) is 4.79 Å². The summed E-state index contributed by atoms with van der Waals surface area (Å²) >= 11 is 6.31. The monoisotopic (exact) mass is 456 g/mol. The first kappa shape index (κ1) is 20.4. The number of ether oxygens (including phenoxy) is 2. The van der Waals surface area contributed by atoms with Gasteiger partial charge >= 0.3 is 6.09 Å². The van der Waals surface area contributed by atoms with Crippen LogP contribution < -0.4 is 10.1 Å². The smallest absolute Gasteiger partial charge is 0.409 e. The minimum absolute atomic E-state index is 0.198. The van der Waals surface area contributed by atoms with E-state index in [4.69, 9.17) is 26.2 Å². The molecule has 8 heteroatoms. The van der Waals surface area contributed by atoms with Gasteiger partial charge in [0, 0.05) is 48.3 Å². The number of likely N-dealkylation sites (tertiary alicyclic amines) is 1. The fourth-order valence-electron chi connectivity index (χ4n) is 5.21. The van der Waals surface area contributed by atoms with Crippen molar-refractivity contribution in [2.75, 3.05) is 32.8 Å². The topological polar surface area (TPSA) is 68.6 Å². The Kier molecular flexibility index (Phi) is 5.06. The molecule has 6 rings (SSSR count). The molecule has 1 aromatic heterocycles. The molecule has 170 valence electrons. The fraction of sp³-hybridized carbons (Fsp3) is 0.583. The Hall–Kier alpha value is -2.25. The highest BCUT2D eigenvalue weighted by molar-refractivity contribution is 6.30. The lowest BCUT2D eigenvalue weighted by Gasteiger charge is -2.43. The molecule has 1 spiro atoms. The molecule has 3 aliphatic heterocycles. The number of halogens is 1. The van der Waals surface area contributed by atoms with Gasteiger partial charge < -0.3 is 19.7 Å². The Balaban J connectivity index is 1.29. The Morgan fingerprint density at radius 1 is 1.22 bits per heavy atom. The Morgan fingerprint density at radius 2 is 2.00 bits per heavy atom. The van der Waals surface area contributed by atoms with E-state index in [1.807, 2.05) is 23.1 Å². The van der Waals surface area contributed by atoms with E-state index in [9.17, 15) is 4.79 Å². The predicted molar refractivity (Wildman–Crippen MR) is 121 cm³/mol. The molecule has 0 atom stereocenters. The lowest BCUT2D eigenvalue weighted by molar-refractivity contribution is -0.00605. The first-order valence-corrected chi connectivity index (χ1v) is 12.2. The van der Waals surface area contributed by atoms with Crippen LogP contribution in [0.5, 0.6) is 5.75 Å². The number of nitrogens with one attached hydrogen (secondary N) is 1. The zero-order valence-corrected chi connectivity index (χ0v) is 18.9. The Labute approximate surface area is 193 Å². The van der Waals surface area contributed by atoms with Gasteiger partial charge in [-0.3, -0.25) is 4.68 Å². The number of aromatic nitrogens is 2. The molecule has 0 radical (unpaired) electrons. The lowest BCUT2D eigenvalue weighted by atomic mass is 9.81. The highest BCUT2D eigenvalue weighted by Gasteiger charge is 2.46. The van der Waals surface area contributed by atoms with E-state index < -0.39 is 5.60 Å². The molecule has 2 aromatic rings. The first-order chi connectivity index (χ1) is 15.6. The van der Waals surface area contributed by atoms with Crippen molar-refractivity contribution < 1.29 is 14.3 Å². The van der Waals surface area contributed by atoms with Crippen LogP contribution in [0.3, 0.4) is 0 Å². The molecule has 2 saturated heterocycles. The van der Waals surface area contributed by atoms with Gasteiger partial charge in [0.05, 0.1) is 12.6 Å². The predicted octanol–water partition coefficient (Wildman–Crippen LogP) is 4.36. The van der Waals surface area contributed by atoms with Crippen LogP contribution in [0.1, 0.15) is 50.1 Å². The van der Waals surface area contributed by atoms with Crippen molar-refractivity contribution in [2.45, 2.75) is 50.2 Å². The summed E-state index contributed by atoms with van der Waals surface area (Å²) in [6, 6.07) is 6.19. The first-order valence-electron chi connectivity index (χ1n) is 11.8. The third-order valence-corrected chi connectivity index (χ3v) is 7.61. The maximum absolute atomic E-state index is 12.5. The summed E-state index contributed by atoms with van der Waals surface area (Å²) in [5.74, 6) is 1.35. The summed E-state index contributed by atoms with van der Waals surface area (Å²) in [7, 11) is 0. The molecule has 4 heterocycles. The number of benzene rings is 1. The van der Waals surface area contributed by atoms with Crippen LogP contribution in [0.2, 0.25) is 5.02 Å². The summed E-state index contributed by atoms with van der Waals surface area (Å²) in [6.07, 6.45) is 7.92. The molecule has 1 N–H and O–H groups in total. The van der Waals surface area contributed by atoms with Crippen LogP contribution in [0.25, 0.3) is 11.3 Å². The molecule has 0 unspecified atom stereocenters. The summed E-state index contributed by atoms with van der Waals surface area (Å²) in [6.45, 7) is 3.80. The van der Waals surface area contributed by atoms with Crippen LogP contribution >= 0.6 is 11.6 Å². The zero-order valence-electron chi connectivity index (χ0n) is 18.2. The van der Waals surface area contributed by atoms with E-state index in [0.29, 0.717) is 49.5 Å². The summed E-state index contributed by atoms with van der Waals surface area (Å²) < 4.78 is 14.3. The third-order valence-electron chi connectivity index (χ3n) is 7.38. The van der Waals surface area contributed by atoms with Gasteiger partial charge in [0.15, 0.2) is 0 Å². The van der Waals surface area contributed by atoms with E-state index in [1.54, 1.807) is 0 Å². The van der Waals surface area contributed by atoms with Crippen molar-refractivity contribution >= 4 is 17.7 Å². The van der Waals surface area contributed by atoms with Gasteiger partial charge in [0.2, 0.25) is 0 Å². The Morgan fingerprint density at radius 3 is 2.75 bits per heavy atom. The zero-order chi connectivity index (χ0) is 21.7. The lowest BCUT2D eigenvalue weighted by Crippen LogP contribution is -2.49. The Bertz CT molecular complexity index is 1020. The number of piperidine rings is 2. The van der Waals surface area contributed by atoms with Crippen molar-refractivity contribution in [1.29, 1.82) is 0 Å². The van der Waals surface area contributed by atoms with Crippen molar-refractivity contribution in [2.24, 2.45) is 5.92 Å². The number of rotatable bonds is 3. The number of hydrogen-bond acceptors (Lipinski definition) is 5. The highest BCUT2D eigenvalue weighted by Crippen LogP contribution is 2.50. The number of carbonyl (C=O) groups is 1. The average molecular weight is 457 g/mol. The number of nitrogens with zero attached hydrogens (tertiary/aromatic N) is 3. The van der Waals surface area contributed by atoms with Crippen molar-refractivity contribution in [3.8, 4) is 17.0 Å². The van der Waals surface area contributed by atoms with E-state index in [1.165, 1.54) is 12.8 Å². The number of amides is 1. The van der Waals surface area contributed by atoms with Gasteiger partial charge in [-0.25, -0.2) is 4.79 Å². The van der Waals surface area contributed by atoms with Crippen molar-refractivity contribution in [1.82, 2.24) is 20.0 Å². The van der Waals surface area contributed by atoms with Crippen molar-refractivity contribution in [3.05, 3.63) is 35.0 Å². The van der Waals surface area contributed by atoms with Crippen LogP contribution in [-0.4, -0.2) is 53.6 Å². The summed E-state index contributed by atoms with van der Waals surface area (Å²) in [5.41, 5.74) is 2.63. The standard InChI is InChI=1S/C24H29ClN4O3/c25-17-3-4-19-21(13-17)32-24(7-11-28(12-8-24)23(30)31-15-16-1-2-16)20-14-29(27-22(19)20)18-5-9-26-10-6-18/h3-4,13-14,16,18,26H,1-2,5-12,15H2. The van der Waals surface area contributed by atoms with Crippen LogP contribution in [-0.2, 0) is 10.3 Å². The summed E-state index contributed by atoms with van der Waals surface area (Å²) in [5, 5.41) is 9.15. The molecule has 4 aliphatic rings. The SMILES string of the molecule is O=C(OCC1CC1)N1CCC2(CC1)Oc1cc(Cl)ccc1-c1nn(C3CCNCC3)cc12. The number of hydrogen-bond donors (Lipinski definition) is 1. The second-order valence-corrected chi connectivity index (χ2v) is 10.0. The molecule has 7 nitrogen and oxygen atoms in total. The number of carbonyl (C=O) groups excluding carboxylic acids is 1. The van der Waals surface area contributed by atoms with E-state index in [-0.39, 0.29) is 6.09 Å². The molecule has 1 amide bonds. The van der Waals surface area contributed by atoms with Crippen molar-refractivity contribution in [3.63, 3.8) is 0 Å². The maximum atomic E-state index is 12.5. The quantitative estimate of drug-likeness (QED) is 0.743. The highest BCUT2D eigenvalue weighted by atomic mass is 35.5. The van der Waals surface area contributed by atoms with Gasteiger partial charge in [-0.1, -0.05) is 11.6 Å². The van der Waals surface area contributed by atoms with Crippen LogP contribution in [0.15, 0.2) is 24.4 Å². The van der Waals surface area contributed by atoms with Gasteiger partial charge in [0.25, 0.3) is 0 Å². The minimum atomic E-state index is -0.495. The number of fused-ring (bicyclic) bond motifs is 4. The van der Waals surface area contributed by atoms with Gasteiger partial charge in [-0.15, -0.1) is 0 Å². The normalized spacial score (nSPS) is 22.2. The second kappa shape index (κ2) is 7.96. The van der Waals surface area contributed by atoms with E-state index >= 15 is 0 Å². The van der Waals surface area contributed by atoms with Gasteiger partial charge in [0.1, 0.15) is 17.0 Å². The molecular formula is C24H29ClN4O3. The molecule has 3 fully saturated rings. The van der Waals surface area contributed by atoms with E-state index in [0.717, 1.165) is 48.5 Å². The van der Waals surface area contributed by atoms with E-state index in [2.05, 4.69) is 16.2 Å². The maximum Gasteiger partial charge on any atom is 0.409 e. The molecule has 0 bridgehead atoms. The van der Waals surface area contributed by atoms with Crippen LogP contribution in [0, 0.1) is 5.92 Å². The largest absolute Gasteiger partial charge is 0.482 e. The van der Waals surface area contributed by atoms with Gasteiger partial charge in [-0.2, -0.15) is 5.10 Å². The molecule has 1 aromatic carbocycles. The molecule has 1 saturated carbocycles. The molecule has 32 heavy (non-hydrogen) atoms. The average Bonchev–Trinajstić information content (AvgIpc) is 3.53. The summed E-state index contributed by atoms with van der Waals surface area (Å²) in [4.78, 5) is 14.3. The fourth-order valence-corrected chi connectivity index (χ4v) is 5.37. The minimum Gasteiger partial charge on any atom is -0.482 e.